The van der Waals surface area contributed by atoms with Gasteiger partial charge in [-0.05, 0) is 43.0 Å². The third-order valence-electron chi connectivity index (χ3n) is 4.81. The van der Waals surface area contributed by atoms with Crippen molar-refractivity contribution in [3.63, 3.8) is 0 Å². The molecule has 0 saturated carbocycles. The molecule has 28 heavy (non-hydrogen) atoms. The summed E-state index contributed by atoms with van der Waals surface area (Å²) in [4.78, 5) is 18.8. The first-order chi connectivity index (χ1) is 13.6. The van der Waals surface area contributed by atoms with E-state index in [1.807, 2.05) is 37.4 Å². The molecule has 0 amide bonds. The number of carbonyl (C=O) groups excluding carboxylic acids is 1. The van der Waals surface area contributed by atoms with Crippen LogP contribution in [0.1, 0.15) is 18.5 Å². The standard InChI is InChI=1S/C22H21N3O2S/c1-4-13-27-21(26)19-14(2)23-22-24-17-7-5-6-8-18(17)25(22)20(19)15-9-11-16(28-3)12-10-15/h4-12,20H,1,13H2,2-3H3,(H,23,24)/t20-/m1/s1. The van der Waals surface area contributed by atoms with Gasteiger partial charge >= 0.3 is 5.97 Å². The topological polar surface area (TPSA) is 56.1 Å². The molecule has 0 saturated heterocycles. The Morgan fingerprint density at radius 3 is 2.75 bits per heavy atom. The quantitative estimate of drug-likeness (QED) is 0.385. The average Bonchev–Trinajstić information content (AvgIpc) is 3.09. The second-order valence-electron chi connectivity index (χ2n) is 6.52. The lowest BCUT2D eigenvalue weighted by Gasteiger charge is -2.30. The Morgan fingerprint density at radius 1 is 1.29 bits per heavy atom. The minimum atomic E-state index is -0.354. The Morgan fingerprint density at radius 2 is 2.04 bits per heavy atom. The van der Waals surface area contributed by atoms with Gasteiger partial charge in [-0.2, -0.15) is 0 Å². The summed E-state index contributed by atoms with van der Waals surface area (Å²) in [5.41, 5.74) is 4.17. The number of nitrogens with one attached hydrogen (secondary N) is 1. The van der Waals surface area contributed by atoms with Crippen LogP contribution in [-0.4, -0.2) is 28.4 Å². The van der Waals surface area contributed by atoms with E-state index in [-0.39, 0.29) is 18.6 Å². The van der Waals surface area contributed by atoms with Crippen molar-refractivity contribution in [1.29, 1.82) is 0 Å². The maximum Gasteiger partial charge on any atom is 0.338 e. The second-order valence-corrected chi connectivity index (χ2v) is 7.40. The second kappa shape index (κ2) is 7.56. The third kappa shape index (κ3) is 3.10. The van der Waals surface area contributed by atoms with Crippen LogP contribution < -0.4 is 5.32 Å². The minimum Gasteiger partial charge on any atom is -0.458 e. The van der Waals surface area contributed by atoms with Crippen LogP contribution >= 0.6 is 11.8 Å². The van der Waals surface area contributed by atoms with Crippen LogP contribution in [0.25, 0.3) is 11.0 Å². The Balaban J connectivity index is 1.91. The molecular weight excluding hydrogens is 370 g/mol. The molecule has 0 fully saturated rings. The molecule has 0 unspecified atom stereocenters. The van der Waals surface area contributed by atoms with Crippen molar-refractivity contribution in [3.05, 3.63) is 78.0 Å². The first-order valence-electron chi connectivity index (χ1n) is 9.00. The molecule has 1 aromatic heterocycles. The van der Waals surface area contributed by atoms with Crippen molar-refractivity contribution < 1.29 is 9.53 Å². The number of ether oxygens (including phenoxy) is 1. The molecule has 0 radical (unpaired) electrons. The van der Waals surface area contributed by atoms with Gasteiger partial charge < -0.3 is 10.1 Å². The highest BCUT2D eigenvalue weighted by Gasteiger charge is 2.34. The predicted octanol–water partition coefficient (Wildman–Crippen LogP) is 4.78. The number of anilines is 1. The zero-order chi connectivity index (χ0) is 19.7. The van der Waals surface area contributed by atoms with Gasteiger partial charge in [-0.1, -0.05) is 36.9 Å². The van der Waals surface area contributed by atoms with Crippen LogP contribution in [0, 0.1) is 0 Å². The van der Waals surface area contributed by atoms with Gasteiger partial charge in [-0.3, -0.25) is 4.57 Å². The number of imidazole rings is 1. The van der Waals surface area contributed by atoms with Gasteiger partial charge in [-0.15, -0.1) is 11.8 Å². The number of thioether (sulfide) groups is 1. The summed E-state index contributed by atoms with van der Waals surface area (Å²) in [7, 11) is 0. The molecule has 4 rings (SSSR count). The summed E-state index contributed by atoms with van der Waals surface area (Å²) in [5, 5.41) is 3.28. The number of allylic oxidation sites excluding steroid dienone is 1. The molecule has 0 spiro atoms. The van der Waals surface area contributed by atoms with E-state index in [1.165, 1.54) is 4.90 Å². The summed E-state index contributed by atoms with van der Waals surface area (Å²) < 4.78 is 7.48. The van der Waals surface area contributed by atoms with Crippen LogP contribution in [0.3, 0.4) is 0 Å². The van der Waals surface area contributed by atoms with Crippen LogP contribution in [0.15, 0.2) is 77.4 Å². The number of esters is 1. The van der Waals surface area contributed by atoms with Gasteiger partial charge in [0, 0.05) is 10.6 Å². The fourth-order valence-corrected chi connectivity index (χ4v) is 3.95. The zero-order valence-corrected chi connectivity index (χ0v) is 16.6. The number of para-hydroxylation sites is 2. The minimum absolute atomic E-state index is 0.172. The van der Waals surface area contributed by atoms with Gasteiger partial charge in [0.05, 0.1) is 22.6 Å². The average molecular weight is 391 g/mol. The number of aromatic nitrogens is 2. The van der Waals surface area contributed by atoms with Crippen molar-refractivity contribution >= 4 is 34.7 Å². The lowest BCUT2D eigenvalue weighted by molar-refractivity contribution is -0.138. The van der Waals surface area contributed by atoms with E-state index in [1.54, 1.807) is 17.8 Å². The van der Waals surface area contributed by atoms with E-state index >= 15 is 0 Å². The number of hydrogen-bond donors (Lipinski definition) is 1. The van der Waals surface area contributed by atoms with Crippen molar-refractivity contribution in [2.24, 2.45) is 0 Å². The molecule has 1 atom stereocenters. The fraction of sp³-hybridized carbons (Fsp3) is 0.182. The first-order valence-corrected chi connectivity index (χ1v) is 10.2. The van der Waals surface area contributed by atoms with E-state index in [9.17, 15) is 4.79 Å². The Bertz CT molecular complexity index is 1080. The monoisotopic (exact) mass is 391 g/mol. The summed E-state index contributed by atoms with van der Waals surface area (Å²) >= 11 is 1.69. The maximum atomic E-state index is 12.9. The fourth-order valence-electron chi connectivity index (χ4n) is 3.54. The Hall–Kier alpha value is -2.99. The van der Waals surface area contributed by atoms with E-state index in [2.05, 4.69) is 40.7 Å². The Kier molecular flexibility index (Phi) is 4.96. The third-order valence-corrected chi connectivity index (χ3v) is 5.56. The highest BCUT2D eigenvalue weighted by Crippen LogP contribution is 2.39. The summed E-state index contributed by atoms with van der Waals surface area (Å²) in [6.07, 6.45) is 3.62. The highest BCUT2D eigenvalue weighted by molar-refractivity contribution is 7.98. The maximum absolute atomic E-state index is 12.9. The number of benzene rings is 2. The molecule has 1 aliphatic heterocycles. The summed E-state index contributed by atoms with van der Waals surface area (Å²) in [6, 6.07) is 15.9. The SMILES string of the molecule is C=CCOC(=O)C1=C(C)Nc2nc3ccccc3n2[C@@H]1c1ccc(SC)cc1. The molecule has 0 bridgehead atoms. The molecule has 1 aliphatic rings. The van der Waals surface area contributed by atoms with E-state index < -0.39 is 0 Å². The number of nitrogens with zero attached hydrogens (tertiary/aromatic N) is 2. The molecule has 2 aromatic carbocycles. The van der Waals surface area contributed by atoms with Gasteiger partial charge in [-0.25, -0.2) is 9.78 Å². The molecule has 2 heterocycles. The summed E-state index contributed by atoms with van der Waals surface area (Å²) in [5.74, 6) is 0.366. The van der Waals surface area contributed by atoms with E-state index in [4.69, 9.17) is 9.72 Å². The normalized spacial score (nSPS) is 15.9. The van der Waals surface area contributed by atoms with Gasteiger partial charge in [0.2, 0.25) is 5.95 Å². The largest absolute Gasteiger partial charge is 0.458 e. The number of hydrogen-bond acceptors (Lipinski definition) is 5. The van der Waals surface area contributed by atoms with Gasteiger partial charge in [0.1, 0.15) is 6.61 Å². The number of fused-ring (bicyclic) bond motifs is 3. The molecule has 0 aliphatic carbocycles. The zero-order valence-electron chi connectivity index (χ0n) is 15.8. The van der Waals surface area contributed by atoms with Gasteiger partial charge in [0.25, 0.3) is 0 Å². The van der Waals surface area contributed by atoms with E-state index in [0.29, 0.717) is 5.57 Å². The molecule has 3 aromatic rings. The lowest BCUT2D eigenvalue weighted by atomic mass is 9.95. The molecule has 142 valence electrons. The molecule has 6 heteroatoms. The van der Waals surface area contributed by atoms with Crippen molar-refractivity contribution in [2.75, 3.05) is 18.2 Å². The van der Waals surface area contributed by atoms with Crippen LogP contribution in [0.2, 0.25) is 0 Å². The number of carbonyl (C=O) groups is 1. The molecule has 1 N–H and O–H groups in total. The predicted molar refractivity (Wildman–Crippen MR) is 114 cm³/mol. The highest BCUT2D eigenvalue weighted by atomic mass is 32.2. The smallest absolute Gasteiger partial charge is 0.338 e. The van der Waals surface area contributed by atoms with Crippen molar-refractivity contribution in [2.45, 2.75) is 17.9 Å². The number of rotatable bonds is 5. The molecule has 5 nitrogen and oxygen atoms in total. The summed E-state index contributed by atoms with van der Waals surface area (Å²) in [6.45, 7) is 5.69. The van der Waals surface area contributed by atoms with Crippen LogP contribution in [0.4, 0.5) is 5.95 Å². The van der Waals surface area contributed by atoms with E-state index in [0.717, 1.165) is 28.2 Å². The van der Waals surface area contributed by atoms with Crippen molar-refractivity contribution in [3.8, 4) is 0 Å². The van der Waals surface area contributed by atoms with Crippen LogP contribution in [-0.2, 0) is 9.53 Å². The van der Waals surface area contributed by atoms with Crippen LogP contribution in [0.5, 0.6) is 0 Å². The lowest BCUT2D eigenvalue weighted by Crippen LogP contribution is -2.29. The van der Waals surface area contributed by atoms with Crippen molar-refractivity contribution in [1.82, 2.24) is 9.55 Å². The van der Waals surface area contributed by atoms with Gasteiger partial charge in [0.15, 0.2) is 0 Å². The Labute approximate surface area is 168 Å². The molecular formula is C22H21N3O2S. The first kappa shape index (κ1) is 18.4.